The van der Waals surface area contributed by atoms with Crippen LogP contribution in [0.1, 0.15) is 45.1 Å². The topological polar surface area (TPSA) is 55.2 Å². The second-order valence-corrected chi connectivity index (χ2v) is 7.03. The van der Waals surface area contributed by atoms with E-state index in [0.717, 1.165) is 18.4 Å². The first-order valence-corrected chi connectivity index (χ1v) is 8.74. The van der Waals surface area contributed by atoms with Crippen molar-refractivity contribution < 1.29 is 4.79 Å². The number of carbonyl (C=O) groups excluding carboxylic acids is 1. The predicted octanol–water partition coefficient (Wildman–Crippen LogP) is 2.88. The third-order valence-electron chi connectivity index (χ3n) is 4.85. The lowest BCUT2D eigenvalue weighted by Crippen LogP contribution is -2.46. The monoisotopic (exact) mass is 327 g/mol. The van der Waals surface area contributed by atoms with E-state index in [-0.39, 0.29) is 24.1 Å². The molecule has 1 fully saturated rings. The lowest BCUT2D eigenvalue weighted by atomic mass is 10.1. The summed E-state index contributed by atoms with van der Waals surface area (Å²) < 4.78 is 1.44. The number of aryl methyl sites for hydroxylation is 1. The van der Waals surface area contributed by atoms with Crippen LogP contribution in [0.3, 0.4) is 0 Å². The molecule has 1 aliphatic carbocycles. The fourth-order valence-corrected chi connectivity index (χ4v) is 3.71. The normalized spacial score (nSPS) is 15.3. The largest absolute Gasteiger partial charge is 0.336 e. The molecule has 1 amide bonds. The Kier molecular flexibility index (Phi) is 4.69. The fraction of sp³-hybridized carbons (Fsp3) is 0.526. The highest BCUT2D eigenvalue weighted by Crippen LogP contribution is 2.25. The minimum absolute atomic E-state index is 0.00723. The Morgan fingerprint density at radius 1 is 1.33 bits per heavy atom. The molecule has 2 aromatic rings. The van der Waals surface area contributed by atoms with Gasteiger partial charge in [0.25, 0.3) is 5.56 Å². The second-order valence-electron chi connectivity index (χ2n) is 7.03. The Hall–Kier alpha value is -2.17. The summed E-state index contributed by atoms with van der Waals surface area (Å²) in [5.74, 6) is 0.00723. The molecule has 0 spiro atoms. The van der Waals surface area contributed by atoms with Crippen molar-refractivity contribution in [1.29, 1.82) is 0 Å². The van der Waals surface area contributed by atoms with Crippen molar-refractivity contribution in [3.8, 4) is 0 Å². The van der Waals surface area contributed by atoms with Gasteiger partial charge < -0.3 is 4.90 Å². The molecule has 0 unspecified atom stereocenters. The number of hydrogen-bond donors (Lipinski definition) is 0. The van der Waals surface area contributed by atoms with E-state index >= 15 is 0 Å². The van der Waals surface area contributed by atoms with Gasteiger partial charge in [0.15, 0.2) is 0 Å². The number of hydrogen-bond acceptors (Lipinski definition) is 3. The van der Waals surface area contributed by atoms with E-state index in [1.165, 1.54) is 23.7 Å². The third-order valence-corrected chi connectivity index (χ3v) is 4.85. The van der Waals surface area contributed by atoms with Crippen molar-refractivity contribution in [1.82, 2.24) is 14.5 Å². The maximum atomic E-state index is 12.8. The minimum atomic E-state index is -0.146. The molecule has 1 aliphatic rings. The molecule has 0 radical (unpaired) electrons. The van der Waals surface area contributed by atoms with Crippen LogP contribution in [0.5, 0.6) is 0 Å². The van der Waals surface area contributed by atoms with Gasteiger partial charge in [-0.3, -0.25) is 14.2 Å². The quantitative estimate of drug-likeness (QED) is 0.867. The van der Waals surface area contributed by atoms with Crippen molar-refractivity contribution in [2.75, 3.05) is 0 Å². The lowest BCUT2D eigenvalue weighted by Gasteiger charge is -2.33. The Morgan fingerprint density at radius 2 is 2.04 bits per heavy atom. The molecule has 5 nitrogen and oxygen atoms in total. The Morgan fingerprint density at radius 3 is 2.71 bits per heavy atom. The highest BCUT2D eigenvalue weighted by molar-refractivity contribution is 5.79. The molecule has 5 heteroatoms. The number of rotatable bonds is 4. The number of fused-ring (bicyclic) bond motifs is 1. The number of carbonyl (C=O) groups is 1. The first-order valence-electron chi connectivity index (χ1n) is 8.74. The maximum Gasteiger partial charge on any atom is 0.261 e. The summed E-state index contributed by atoms with van der Waals surface area (Å²) >= 11 is 0. The van der Waals surface area contributed by atoms with Crippen LogP contribution < -0.4 is 5.56 Å². The molecule has 0 N–H and O–H groups in total. The number of nitrogens with zero attached hydrogens (tertiary/aromatic N) is 3. The molecular formula is C19H25N3O2. The van der Waals surface area contributed by atoms with E-state index in [0.29, 0.717) is 16.9 Å². The van der Waals surface area contributed by atoms with Crippen LogP contribution in [0.15, 0.2) is 29.3 Å². The molecule has 24 heavy (non-hydrogen) atoms. The molecule has 0 saturated heterocycles. The van der Waals surface area contributed by atoms with Gasteiger partial charge in [-0.05, 0) is 45.7 Å². The maximum absolute atomic E-state index is 12.8. The molecule has 1 aromatic heterocycles. The molecule has 0 bridgehead atoms. The van der Waals surface area contributed by atoms with Crippen LogP contribution in [0.2, 0.25) is 0 Å². The van der Waals surface area contributed by atoms with Gasteiger partial charge >= 0.3 is 0 Å². The highest BCUT2D eigenvalue weighted by atomic mass is 16.2. The molecule has 3 rings (SSSR count). The van der Waals surface area contributed by atoms with Gasteiger partial charge in [0.05, 0.1) is 17.2 Å². The summed E-state index contributed by atoms with van der Waals surface area (Å²) in [6, 6.07) is 6.07. The molecule has 1 heterocycles. The van der Waals surface area contributed by atoms with Crippen LogP contribution in [0.25, 0.3) is 10.9 Å². The number of amides is 1. The summed E-state index contributed by atoms with van der Waals surface area (Å²) in [7, 11) is 0. The zero-order chi connectivity index (χ0) is 17.3. The second kappa shape index (κ2) is 6.75. The SMILES string of the molecule is Cc1ccc2ncn(CC(=O)N(C(C)C)C3CCCC3)c(=O)c2c1. The van der Waals surface area contributed by atoms with E-state index in [4.69, 9.17) is 0 Å². The Bertz CT molecular complexity index is 804. The third kappa shape index (κ3) is 3.21. The first-order chi connectivity index (χ1) is 11.5. The predicted molar refractivity (Wildman–Crippen MR) is 95.0 cm³/mol. The summed E-state index contributed by atoms with van der Waals surface area (Å²) in [4.78, 5) is 31.8. The molecule has 0 atom stereocenters. The summed E-state index contributed by atoms with van der Waals surface area (Å²) in [6.07, 6.45) is 5.98. The van der Waals surface area contributed by atoms with Crippen molar-refractivity contribution in [2.45, 2.75) is 65.1 Å². The Balaban J connectivity index is 1.89. The standard InChI is InChI=1S/C19H25N3O2/c1-13(2)22(15-6-4-5-7-15)18(23)11-21-12-20-17-9-8-14(3)10-16(17)19(21)24/h8-10,12-13,15H,4-7,11H2,1-3H3. The first kappa shape index (κ1) is 16.7. The lowest BCUT2D eigenvalue weighted by molar-refractivity contribution is -0.136. The fourth-order valence-electron chi connectivity index (χ4n) is 3.71. The summed E-state index contributed by atoms with van der Waals surface area (Å²) in [5.41, 5.74) is 1.54. The molecule has 128 valence electrons. The van der Waals surface area contributed by atoms with Crippen LogP contribution >= 0.6 is 0 Å². The van der Waals surface area contributed by atoms with Gasteiger partial charge in [0, 0.05) is 12.1 Å². The number of benzene rings is 1. The van der Waals surface area contributed by atoms with Gasteiger partial charge in [0.1, 0.15) is 6.54 Å². The zero-order valence-electron chi connectivity index (χ0n) is 14.7. The van der Waals surface area contributed by atoms with E-state index in [9.17, 15) is 9.59 Å². The zero-order valence-corrected chi connectivity index (χ0v) is 14.7. The summed E-state index contributed by atoms with van der Waals surface area (Å²) in [5, 5.41) is 0.572. The van der Waals surface area contributed by atoms with E-state index in [1.807, 2.05) is 43.9 Å². The number of aromatic nitrogens is 2. The summed E-state index contributed by atoms with van der Waals surface area (Å²) in [6.45, 7) is 6.09. The van der Waals surface area contributed by atoms with Crippen LogP contribution in [0, 0.1) is 6.92 Å². The van der Waals surface area contributed by atoms with E-state index in [2.05, 4.69) is 4.98 Å². The van der Waals surface area contributed by atoms with Crippen molar-refractivity contribution in [3.05, 3.63) is 40.4 Å². The van der Waals surface area contributed by atoms with Crippen LogP contribution in [0.4, 0.5) is 0 Å². The van der Waals surface area contributed by atoms with Gasteiger partial charge in [-0.1, -0.05) is 24.5 Å². The van der Waals surface area contributed by atoms with Crippen molar-refractivity contribution >= 4 is 16.8 Å². The molecular weight excluding hydrogens is 302 g/mol. The van der Waals surface area contributed by atoms with Gasteiger partial charge in [0.2, 0.25) is 5.91 Å². The van der Waals surface area contributed by atoms with E-state index in [1.54, 1.807) is 0 Å². The average Bonchev–Trinajstić information content (AvgIpc) is 3.04. The molecule has 0 aliphatic heterocycles. The van der Waals surface area contributed by atoms with E-state index < -0.39 is 0 Å². The Labute approximate surface area is 142 Å². The molecule has 1 saturated carbocycles. The van der Waals surface area contributed by atoms with Crippen LogP contribution in [-0.2, 0) is 11.3 Å². The van der Waals surface area contributed by atoms with Crippen LogP contribution in [-0.4, -0.2) is 32.4 Å². The van der Waals surface area contributed by atoms with Crippen molar-refractivity contribution in [2.24, 2.45) is 0 Å². The van der Waals surface area contributed by atoms with Crippen molar-refractivity contribution in [3.63, 3.8) is 0 Å². The molecule has 1 aromatic carbocycles. The average molecular weight is 327 g/mol. The van der Waals surface area contributed by atoms with Gasteiger partial charge in [-0.2, -0.15) is 0 Å². The minimum Gasteiger partial charge on any atom is -0.336 e. The highest BCUT2D eigenvalue weighted by Gasteiger charge is 2.28. The van der Waals surface area contributed by atoms with Gasteiger partial charge in [-0.25, -0.2) is 4.98 Å². The smallest absolute Gasteiger partial charge is 0.261 e. The van der Waals surface area contributed by atoms with Gasteiger partial charge in [-0.15, -0.1) is 0 Å².